The quantitative estimate of drug-likeness (QED) is 0.632. The number of ether oxygens (including phenoxy) is 1. The van der Waals surface area contributed by atoms with Crippen LogP contribution in [0.3, 0.4) is 0 Å². The Morgan fingerprint density at radius 2 is 1.45 bits per heavy atom. The standard InChI is InChI=1S/C16H11Cl2NO/c17-12-8-9-14(11-5-2-1-4-10(11)12)20-15-7-3-6-13(18)16(15)19/h1-9H,19H2. The van der Waals surface area contributed by atoms with E-state index in [1.165, 1.54) is 0 Å². The van der Waals surface area contributed by atoms with Gasteiger partial charge in [-0.2, -0.15) is 0 Å². The van der Waals surface area contributed by atoms with E-state index in [-0.39, 0.29) is 0 Å². The number of nitrogens with two attached hydrogens (primary N) is 1. The number of para-hydroxylation sites is 1. The summed E-state index contributed by atoms with van der Waals surface area (Å²) in [5.74, 6) is 1.23. The van der Waals surface area contributed by atoms with Crippen molar-refractivity contribution in [2.75, 3.05) is 5.73 Å². The first-order valence-electron chi connectivity index (χ1n) is 6.06. The number of hydrogen-bond donors (Lipinski definition) is 1. The molecule has 0 aliphatic heterocycles. The van der Waals surface area contributed by atoms with Gasteiger partial charge in [0.2, 0.25) is 0 Å². The normalized spacial score (nSPS) is 10.7. The minimum absolute atomic E-state index is 0.424. The van der Waals surface area contributed by atoms with Crippen LogP contribution >= 0.6 is 23.2 Å². The molecule has 0 amide bonds. The van der Waals surface area contributed by atoms with Gasteiger partial charge in [-0.3, -0.25) is 0 Å². The van der Waals surface area contributed by atoms with Gasteiger partial charge in [-0.1, -0.05) is 53.5 Å². The number of benzene rings is 3. The third kappa shape index (κ3) is 2.28. The third-order valence-corrected chi connectivity index (χ3v) is 3.72. The zero-order valence-corrected chi connectivity index (χ0v) is 11.9. The second-order valence-corrected chi connectivity index (χ2v) is 5.16. The van der Waals surface area contributed by atoms with Crippen molar-refractivity contribution in [1.29, 1.82) is 0 Å². The Balaban J connectivity index is 2.12. The van der Waals surface area contributed by atoms with Crippen LogP contribution in [0.2, 0.25) is 10.0 Å². The summed E-state index contributed by atoms with van der Waals surface area (Å²) in [5.41, 5.74) is 6.35. The summed E-state index contributed by atoms with van der Waals surface area (Å²) < 4.78 is 5.89. The van der Waals surface area contributed by atoms with E-state index in [1.807, 2.05) is 30.3 Å². The molecule has 0 bridgehead atoms. The van der Waals surface area contributed by atoms with Crippen LogP contribution in [-0.4, -0.2) is 0 Å². The van der Waals surface area contributed by atoms with Crippen molar-refractivity contribution in [2.45, 2.75) is 0 Å². The summed E-state index contributed by atoms with van der Waals surface area (Å²) >= 11 is 12.2. The topological polar surface area (TPSA) is 35.2 Å². The summed E-state index contributed by atoms with van der Waals surface area (Å²) in [6, 6.07) is 16.7. The predicted molar refractivity (Wildman–Crippen MR) is 84.9 cm³/mol. The predicted octanol–water partition coefficient (Wildman–Crippen LogP) is 5.52. The first-order chi connectivity index (χ1) is 9.66. The minimum Gasteiger partial charge on any atom is -0.454 e. The Labute approximate surface area is 126 Å². The van der Waals surface area contributed by atoms with E-state index in [1.54, 1.807) is 24.3 Å². The zero-order valence-electron chi connectivity index (χ0n) is 10.4. The average Bonchev–Trinajstić information content (AvgIpc) is 2.47. The maximum atomic E-state index is 6.19. The highest BCUT2D eigenvalue weighted by molar-refractivity contribution is 6.35. The summed E-state index contributed by atoms with van der Waals surface area (Å²) in [7, 11) is 0. The van der Waals surface area contributed by atoms with Gasteiger partial charge in [0.1, 0.15) is 5.75 Å². The molecule has 0 unspecified atom stereocenters. The molecule has 2 nitrogen and oxygen atoms in total. The fourth-order valence-corrected chi connectivity index (χ4v) is 2.44. The van der Waals surface area contributed by atoms with Gasteiger partial charge in [0.25, 0.3) is 0 Å². The highest BCUT2D eigenvalue weighted by Crippen LogP contribution is 2.37. The molecule has 0 atom stereocenters. The molecule has 3 rings (SSSR count). The van der Waals surface area contributed by atoms with Gasteiger partial charge in [0.05, 0.1) is 10.7 Å². The molecule has 0 spiro atoms. The molecule has 100 valence electrons. The van der Waals surface area contributed by atoms with E-state index in [9.17, 15) is 0 Å². The molecule has 0 aliphatic rings. The Kier molecular flexibility index (Phi) is 3.43. The molecular weight excluding hydrogens is 293 g/mol. The summed E-state index contributed by atoms with van der Waals surface area (Å²) in [6.45, 7) is 0. The highest BCUT2D eigenvalue weighted by atomic mass is 35.5. The molecule has 0 saturated heterocycles. The Hall–Kier alpha value is -1.90. The van der Waals surface area contributed by atoms with E-state index >= 15 is 0 Å². The summed E-state index contributed by atoms with van der Waals surface area (Å²) in [5, 5.41) is 3.03. The van der Waals surface area contributed by atoms with Crippen LogP contribution in [0.4, 0.5) is 5.69 Å². The Morgan fingerprint density at radius 3 is 2.25 bits per heavy atom. The van der Waals surface area contributed by atoms with Crippen molar-refractivity contribution in [1.82, 2.24) is 0 Å². The summed E-state index contributed by atoms with van der Waals surface area (Å²) in [6.07, 6.45) is 0. The molecule has 0 saturated carbocycles. The first kappa shape index (κ1) is 13.1. The molecule has 0 radical (unpaired) electrons. The van der Waals surface area contributed by atoms with Gasteiger partial charge in [-0.05, 0) is 24.3 Å². The maximum absolute atomic E-state index is 6.19. The van der Waals surface area contributed by atoms with Gasteiger partial charge in [0.15, 0.2) is 5.75 Å². The van der Waals surface area contributed by atoms with Crippen molar-refractivity contribution >= 4 is 39.7 Å². The van der Waals surface area contributed by atoms with Crippen LogP contribution in [0.1, 0.15) is 0 Å². The minimum atomic E-state index is 0.424. The van der Waals surface area contributed by atoms with Crippen molar-refractivity contribution in [3.63, 3.8) is 0 Å². The van der Waals surface area contributed by atoms with Crippen LogP contribution < -0.4 is 10.5 Å². The maximum Gasteiger partial charge on any atom is 0.151 e. The van der Waals surface area contributed by atoms with Crippen LogP contribution in [0.5, 0.6) is 11.5 Å². The van der Waals surface area contributed by atoms with E-state index < -0.39 is 0 Å². The van der Waals surface area contributed by atoms with Crippen LogP contribution in [-0.2, 0) is 0 Å². The summed E-state index contributed by atoms with van der Waals surface area (Å²) in [4.78, 5) is 0. The van der Waals surface area contributed by atoms with Gasteiger partial charge >= 0.3 is 0 Å². The molecule has 3 aromatic carbocycles. The number of rotatable bonds is 2. The molecular formula is C16H11Cl2NO. The van der Waals surface area contributed by atoms with E-state index in [4.69, 9.17) is 33.7 Å². The molecule has 2 N–H and O–H groups in total. The third-order valence-electron chi connectivity index (χ3n) is 3.06. The SMILES string of the molecule is Nc1c(Cl)cccc1Oc1ccc(Cl)c2ccccc12. The molecule has 0 aliphatic carbocycles. The van der Waals surface area contributed by atoms with E-state index in [2.05, 4.69) is 0 Å². The monoisotopic (exact) mass is 303 g/mol. The van der Waals surface area contributed by atoms with Gasteiger partial charge in [-0.25, -0.2) is 0 Å². The lowest BCUT2D eigenvalue weighted by atomic mass is 10.1. The zero-order chi connectivity index (χ0) is 14.1. The number of anilines is 1. The van der Waals surface area contributed by atoms with Crippen molar-refractivity contribution in [2.24, 2.45) is 0 Å². The average molecular weight is 304 g/mol. The fourth-order valence-electron chi connectivity index (χ4n) is 2.05. The second kappa shape index (κ2) is 5.23. The van der Waals surface area contributed by atoms with E-state index in [0.29, 0.717) is 27.2 Å². The molecule has 0 aromatic heterocycles. The fraction of sp³-hybridized carbons (Fsp3) is 0. The van der Waals surface area contributed by atoms with Crippen molar-refractivity contribution in [3.8, 4) is 11.5 Å². The van der Waals surface area contributed by atoms with Crippen molar-refractivity contribution < 1.29 is 4.74 Å². The van der Waals surface area contributed by atoms with Gasteiger partial charge < -0.3 is 10.5 Å². The Morgan fingerprint density at radius 1 is 0.700 bits per heavy atom. The van der Waals surface area contributed by atoms with Gasteiger partial charge in [0, 0.05) is 15.8 Å². The van der Waals surface area contributed by atoms with E-state index in [0.717, 1.165) is 10.8 Å². The molecule has 3 aromatic rings. The molecule has 0 fully saturated rings. The van der Waals surface area contributed by atoms with Crippen LogP contribution in [0, 0.1) is 0 Å². The number of nitrogen functional groups attached to an aromatic ring is 1. The molecule has 20 heavy (non-hydrogen) atoms. The lowest BCUT2D eigenvalue weighted by Crippen LogP contribution is -1.93. The number of fused-ring (bicyclic) bond motifs is 1. The lowest BCUT2D eigenvalue weighted by Gasteiger charge is -2.12. The smallest absolute Gasteiger partial charge is 0.151 e. The van der Waals surface area contributed by atoms with Crippen LogP contribution in [0.25, 0.3) is 10.8 Å². The number of halogens is 2. The van der Waals surface area contributed by atoms with Crippen LogP contribution in [0.15, 0.2) is 54.6 Å². The molecule has 4 heteroatoms. The lowest BCUT2D eigenvalue weighted by molar-refractivity contribution is 0.491. The first-order valence-corrected chi connectivity index (χ1v) is 6.81. The van der Waals surface area contributed by atoms with Gasteiger partial charge in [-0.15, -0.1) is 0 Å². The Bertz CT molecular complexity index is 787. The van der Waals surface area contributed by atoms with Crippen molar-refractivity contribution in [3.05, 3.63) is 64.6 Å². The number of hydrogen-bond acceptors (Lipinski definition) is 2. The largest absolute Gasteiger partial charge is 0.454 e. The second-order valence-electron chi connectivity index (χ2n) is 4.34. The highest BCUT2D eigenvalue weighted by Gasteiger charge is 2.09. The molecule has 0 heterocycles.